The first-order valence-corrected chi connectivity index (χ1v) is 13.7. The minimum atomic E-state index is -3.77. The number of hydrogen-bond acceptors (Lipinski definition) is 4. The molecule has 0 aliphatic carbocycles. The quantitative estimate of drug-likeness (QED) is 0.557. The molecule has 0 heterocycles. The average Bonchev–Trinajstić information content (AvgIpc) is 2.74. The number of nitrogens with one attached hydrogen (secondary N) is 1. The van der Waals surface area contributed by atoms with Gasteiger partial charge in [0, 0.05) is 12.1 Å². The molecule has 0 bridgehead atoms. The summed E-state index contributed by atoms with van der Waals surface area (Å²) < 4.78 is 26.8. The van der Waals surface area contributed by atoms with Gasteiger partial charge in [0.1, 0.15) is 12.6 Å². The van der Waals surface area contributed by atoms with E-state index in [1.54, 1.807) is 19.1 Å². The molecule has 1 N–H and O–H groups in total. The first-order chi connectivity index (χ1) is 16.1. The number of anilines is 1. The van der Waals surface area contributed by atoms with E-state index in [9.17, 15) is 18.0 Å². The van der Waals surface area contributed by atoms with Gasteiger partial charge in [-0.1, -0.05) is 56.3 Å². The smallest absolute Gasteiger partial charge is 0.244 e. The number of sulfonamides is 1. The molecule has 0 fully saturated rings. The van der Waals surface area contributed by atoms with Gasteiger partial charge in [0.2, 0.25) is 21.8 Å². The Bertz CT molecular complexity index is 1150. The molecule has 35 heavy (non-hydrogen) atoms. The Morgan fingerprint density at radius 1 is 0.971 bits per heavy atom. The van der Waals surface area contributed by atoms with Crippen LogP contribution in [0.3, 0.4) is 0 Å². The molecule has 192 valence electrons. The Morgan fingerprint density at radius 2 is 1.54 bits per heavy atom. The van der Waals surface area contributed by atoms with Crippen LogP contribution < -0.4 is 9.62 Å². The Labute approximate surface area is 210 Å². The van der Waals surface area contributed by atoms with Gasteiger partial charge in [0.05, 0.1) is 11.9 Å². The number of hydrogen-bond donors (Lipinski definition) is 1. The Hall–Kier alpha value is -2.87. The number of para-hydroxylation sites is 1. The molecule has 2 rings (SSSR count). The molecule has 0 aliphatic heterocycles. The van der Waals surface area contributed by atoms with Crippen molar-refractivity contribution in [2.24, 2.45) is 0 Å². The van der Waals surface area contributed by atoms with Crippen molar-refractivity contribution in [1.29, 1.82) is 0 Å². The van der Waals surface area contributed by atoms with E-state index in [-0.39, 0.29) is 18.4 Å². The zero-order valence-electron chi connectivity index (χ0n) is 22.1. The lowest BCUT2D eigenvalue weighted by atomic mass is 10.0. The van der Waals surface area contributed by atoms with Crippen molar-refractivity contribution in [2.45, 2.75) is 72.5 Å². The molecule has 2 aromatic carbocycles. The van der Waals surface area contributed by atoms with Crippen molar-refractivity contribution < 1.29 is 18.0 Å². The molecule has 0 aliphatic rings. The van der Waals surface area contributed by atoms with Crippen molar-refractivity contribution >= 4 is 27.5 Å². The van der Waals surface area contributed by atoms with Crippen LogP contribution in [0.5, 0.6) is 0 Å². The zero-order chi connectivity index (χ0) is 26.6. The second-order valence-electron chi connectivity index (χ2n) is 10.3. The largest absolute Gasteiger partial charge is 0.350 e. The maximum Gasteiger partial charge on any atom is 0.244 e. The van der Waals surface area contributed by atoms with E-state index in [1.807, 2.05) is 77.9 Å². The lowest BCUT2D eigenvalue weighted by Gasteiger charge is -2.34. The molecule has 0 unspecified atom stereocenters. The molecule has 7 nitrogen and oxygen atoms in total. The number of benzene rings is 2. The van der Waals surface area contributed by atoms with Crippen molar-refractivity contribution in [2.75, 3.05) is 17.1 Å². The maximum atomic E-state index is 13.7. The highest BCUT2D eigenvalue weighted by molar-refractivity contribution is 7.92. The van der Waals surface area contributed by atoms with E-state index in [4.69, 9.17) is 0 Å². The summed E-state index contributed by atoms with van der Waals surface area (Å²) >= 11 is 0. The third-order valence-electron chi connectivity index (χ3n) is 5.77. The molecule has 2 amide bonds. The highest BCUT2D eigenvalue weighted by Crippen LogP contribution is 2.29. The van der Waals surface area contributed by atoms with Crippen molar-refractivity contribution in [1.82, 2.24) is 10.2 Å². The normalized spacial score (nSPS) is 12.8. The summed E-state index contributed by atoms with van der Waals surface area (Å²) in [4.78, 5) is 28.2. The van der Waals surface area contributed by atoms with E-state index < -0.39 is 34.1 Å². The van der Waals surface area contributed by atoms with Gasteiger partial charge in [0.25, 0.3) is 0 Å². The Balaban J connectivity index is 2.49. The molecular weight excluding hydrogens is 462 g/mol. The summed E-state index contributed by atoms with van der Waals surface area (Å²) in [5, 5.41) is 2.93. The Kier molecular flexibility index (Phi) is 9.11. The number of carbonyl (C=O) groups is 2. The molecule has 0 saturated carbocycles. The summed E-state index contributed by atoms with van der Waals surface area (Å²) in [5.74, 6) is -0.688. The van der Waals surface area contributed by atoms with E-state index in [2.05, 4.69) is 5.32 Å². The highest BCUT2D eigenvalue weighted by atomic mass is 32.2. The second kappa shape index (κ2) is 11.2. The van der Waals surface area contributed by atoms with Crippen LogP contribution >= 0.6 is 0 Å². The molecular formula is C27H39N3O4S. The number of carbonyl (C=O) groups excluding carboxylic acids is 2. The summed E-state index contributed by atoms with van der Waals surface area (Å²) in [6.07, 6.45) is 1.10. The molecule has 0 saturated heterocycles. The first-order valence-electron chi connectivity index (χ1n) is 11.8. The van der Waals surface area contributed by atoms with Crippen LogP contribution in [0.15, 0.2) is 48.5 Å². The van der Waals surface area contributed by atoms with Crippen LogP contribution in [0, 0.1) is 6.92 Å². The fourth-order valence-corrected chi connectivity index (χ4v) is 4.69. The third kappa shape index (κ3) is 7.82. The van der Waals surface area contributed by atoms with Gasteiger partial charge < -0.3 is 10.2 Å². The average molecular weight is 502 g/mol. The lowest BCUT2D eigenvalue weighted by molar-refractivity contribution is -0.140. The fraction of sp³-hybridized carbons (Fsp3) is 0.481. The van der Waals surface area contributed by atoms with Crippen molar-refractivity contribution in [3.63, 3.8) is 0 Å². The summed E-state index contributed by atoms with van der Waals surface area (Å²) in [6.45, 7) is 13.0. The minimum Gasteiger partial charge on any atom is -0.350 e. The van der Waals surface area contributed by atoms with Crippen molar-refractivity contribution in [3.8, 4) is 0 Å². The van der Waals surface area contributed by atoms with Crippen LogP contribution in [0.25, 0.3) is 0 Å². The first kappa shape index (κ1) is 28.4. The predicted octanol–water partition coefficient (Wildman–Crippen LogP) is 4.22. The fourth-order valence-electron chi connectivity index (χ4n) is 3.83. The molecule has 2 aromatic rings. The minimum absolute atomic E-state index is 0.0603. The van der Waals surface area contributed by atoms with Crippen LogP contribution in [0.1, 0.15) is 64.2 Å². The number of rotatable bonds is 9. The van der Waals surface area contributed by atoms with Gasteiger partial charge in [0.15, 0.2) is 0 Å². The van der Waals surface area contributed by atoms with Crippen LogP contribution in [-0.2, 0) is 26.2 Å². The number of aryl methyl sites for hydroxylation is 1. The molecule has 0 aromatic heterocycles. The summed E-state index contributed by atoms with van der Waals surface area (Å²) in [7, 11) is -3.77. The maximum absolute atomic E-state index is 13.7. The molecule has 1 atom stereocenters. The van der Waals surface area contributed by atoms with E-state index in [0.29, 0.717) is 5.69 Å². The van der Waals surface area contributed by atoms with Gasteiger partial charge in [-0.05, 0) is 63.3 Å². The van der Waals surface area contributed by atoms with Gasteiger partial charge in [-0.3, -0.25) is 13.9 Å². The van der Waals surface area contributed by atoms with Crippen LogP contribution in [0.2, 0.25) is 0 Å². The van der Waals surface area contributed by atoms with Crippen molar-refractivity contribution in [3.05, 3.63) is 65.2 Å². The van der Waals surface area contributed by atoms with E-state index in [1.165, 1.54) is 4.90 Å². The van der Waals surface area contributed by atoms with E-state index in [0.717, 1.165) is 27.3 Å². The molecule has 0 radical (unpaired) electrons. The summed E-state index contributed by atoms with van der Waals surface area (Å²) in [6, 6.07) is 14.0. The van der Waals surface area contributed by atoms with Crippen LogP contribution in [-0.4, -0.2) is 49.5 Å². The molecule has 8 heteroatoms. The predicted molar refractivity (Wildman–Crippen MR) is 142 cm³/mol. The van der Waals surface area contributed by atoms with E-state index >= 15 is 0 Å². The topological polar surface area (TPSA) is 86.8 Å². The Morgan fingerprint density at radius 3 is 2.09 bits per heavy atom. The molecule has 0 spiro atoms. The van der Waals surface area contributed by atoms with Gasteiger partial charge >= 0.3 is 0 Å². The number of amides is 2. The highest BCUT2D eigenvalue weighted by Gasteiger charge is 2.32. The standard InChI is InChI=1S/C27H39N3O4S/c1-19(2)23-15-11-12-16-24(23)30(35(8,33)34)18-25(31)29(17-22-14-10-9-13-20(22)3)21(4)26(32)28-27(5,6)7/h9-16,19,21H,17-18H2,1-8H3,(H,28,32)/t21-/m0/s1. The van der Waals surface area contributed by atoms with Gasteiger partial charge in [-0.15, -0.1) is 0 Å². The number of nitrogens with zero attached hydrogens (tertiary/aromatic N) is 2. The van der Waals surface area contributed by atoms with Crippen LogP contribution in [0.4, 0.5) is 5.69 Å². The van der Waals surface area contributed by atoms with Gasteiger partial charge in [-0.2, -0.15) is 0 Å². The zero-order valence-corrected chi connectivity index (χ0v) is 22.9. The lowest BCUT2D eigenvalue weighted by Crippen LogP contribution is -2.54. The second-order valence-corrected chi connectivity index (χ2v) is 12.3. The monoisotopic (exact) mass is 501 g/mol. The summed E-state index contributed by atoms with van der Waals surface area (Å²) in [5.41, 5.74) is 2.71. The van der Waals surface area contributed by atoms with Gasteiger partial charge in [-0.25, -0.2) is 8.42 Å². The SMILES string of the molecule is Cc1ccccc1CN(C(=O)CN(c1ccccc1C(C)C)S(C)(=O)=O)[C@@H](C)C(=O)NC(C)(C)C. The third-order valence-corrected chi connectivity index (χ3v) is 6.90.